The van der Waals surface area contributed by atoms with Gasteiger partial charge in [-0.15, -0.1) is 0 Å². The van der Waals surface area contributed by atoms with Crippen LogP contribution in [0.15, 0.2) is 18.6 Å². The van der Waals surface area contributed by atoms with Crippen LogP contribution in [0, 0.1) is 0 Å². The van der Waals surface area contributed by atoms with E-state index >= 15 is 0 Å². The second-order valence-corrected chi connectivity index (χ2v) is 3.13. The van der Waals surface area contributed by atoms with Gasteiger partial charge in [0.15, 0.2) is 0 Å². The molecule has 3 heteroatoms. The quantitative estimate of drug-likeness (QED) is 0.754. The highest BCUT2D eigenvalue weighted by Gasteiger charge is 2.04. The maximum absolute atomic E-state index is 4.18. The summed E-state index contributed by atoms with van der Waals surface area (Å²) in [5.74, 6) is 0.878. The van der Waals surface area contributed by atoms with Crippen molar-refractivity contribution in [3.63, 3.8) is 0 Å². The van der Waals surface area contributed by atoms with E-state index in [4.69, 9.17) is 0 Å². The average Bonchev–Trinajstić information content (AvgIpc) is 2.19. The molecule has 0 aliphatic rings. The standard InChI is InChI=1S/C10H17N3/c1-3-5-9(4-2)13-10-8-11-6-7-12-10/h6-9H,3-5H2,1-2H3,(H,12,13). The molecule has 0 aliphatic carbocycles. The van der Waals surface area contributed by atoms with Gasteiger partial charge in [-0.3, -0.25) is 4.98 Å². The van der Waals surface area contributed by atoms with Crippen molar-refractivity contribution in [2.75, 3.05) is 5.32 Å². The summed E-state index contributed by atoms with van der Waals surface area (Å²) < 4.78 is 0. The van der Waals surface area contributed by atoms with Crippen molar-refractivity contribution in [1.82, 2.24) is 9.97 Å². The highest BCUT2D eigenvalue weighted by atomic mass is 15.0. The molecule has 0 aliphatic heterocycles. The van der Waals surface area contributed by atoms with Gasteiger partial charge in [-0.25, -0.2) is 4.98 Å². The number of anilines is 1. The summed E-state index contributed by atoms with van der Waals surface area (Å²) in [5.41, 5.74) is 0. The van der Waals surface area contributed by atoms with Crippen molar-refractivity contribution in [3.8, 4) is 0 Å². The van der Waals surface area contributed by atoms with E-state index in [0.29, 0.717) is 6.04 Å². The number of rotatable bonds is 5. The summed E-state index contributed by atoms with van der Waals surface area (Å²) in [6.45, 7) is 4.38. The van der Waals surface area contributed by atoms with E-state index in [1.807, 2.05) is 0 Å². The van der Waals surface area contributed by atoms with Gasteiger partial charge in [-0.05, 0) is 12.8 Å². The van der Waals surface area contributed by atoms with E-state index in [2.05, 4.69) is 29.1 Å². The number of hydrogen-bond donors (Lipinski definition) is 1. The van der Waals surface area contributed by atoms with Crippen LogP contribution in [0.3, 0.4) is 0 Å². The molecule has 0 radical (unpaired) electrons. The zero-order chi connectivity index (χ0) is 9.52. The Hall–Kier alpha value is -1.12. The molecule has 13 heavy (non-hydrogen) atoms. The van der Waals surface area contributed by atoms with Gasteiger partial charge in [-0.1, -0.05) is 20.3 Å². The lowest BCUT2D eigenvalue weighted by Gasteiger charge is -2.15. The lowest BCUT2D eigenvalue weighted by molar-refractivity contribution is 0.620. The van der Waals surface area contributed by atoms with Gasteiger partial charge in [0.2, 0.25) is 0 Å². The molecule has 0 aromatic carbocycles. The third-order valence-corrected chi connectivity index (χ3v) is 2.05. The van der Waals surface area contributed by atoms with Crippen LogP contribution in [0.2, 0.25) is 0 Å². The van der Waals surface area contributed by atoms with E-state index in [1.165, 1.54) is 12.8 Å². The number of aromatic nitrogens is 2. The van der Waals surface area contributed by atoms with Crippen LogP contribution in [0.5, 0.6) is 0 Å². The van der Waals surface area contributed by atoms with Crippen molar-refractivity contribution < 1.29 is 0 Å². The Morgan fingerprint density at radius 1 is 1.38 bits per heavy atom. The Morgan fingerprint density at radius 2 is 2.23 bits per heavy atom. The maximum atomic E-state index is 4.18. The third kappa shape index (κ3) is 3.40. The van der Waals surface area contributed by atoms with Crippen LogP contribution < -0.4 is 5.32 Å². The van der Waals surface area contributed by atoms with Crippen LogP contribution in [-0.4, -0.2) is 16.0 Å². The van der Waals surface area contributed by atoms with Crippen molar-refractivity contribution in [3.05, 3.63) is 18.6 Å². The molecule has 1 aromatic heterocycles. The summed E-state index contributed by atoms with van der Waals surface area (Å²) in [4.78, 5) is 8.18. The summed E-state index contributed by atoms with van der Waals surface area (Å²) in [6.07, 6.45) is 8.68. The van der Waals surface area contributed by atoms with Crippen molar-refractivity contribution in [2.45, 2.75) is 39.2 Å². The zero-order valence-electron chi connectivity index (χ0n) is 8.33. The molecule has 0 saturated carbocycles. The molecule has 1 unspecified atom stereocenters. The van der Waals surface area contributed by atoms with E-state index in [0.717, 1.165) is 12.2 Å². The molecule has 1 atom stereocenters. The molecule has 0 saturated heterocycles. The normalized spacial score (nSPS) is 12.5. The molecule has 1 aromatic rings. The van der Waals surface area contributed by atoms with Gasteiger partial charge in [0, 0.05) is 18.4 Å². The summed E-state index contributed by atoms with van der Waals surface area (Å²) in [7, 11) is 0. The largest absolute Gasteiger partial charge is 0.366 e. The van der Waals surface area contributed by atoms with Crippen molar-refractivity contribution in [1.29, 1.82) is 0 Å². The first-order valence-electron chi connectivity index (χ1n) is 4.89. The Morgan fingerprint density at radius 3 is 2.77 bits per heavy atom. The van der Waals surface area contributed by atoms with Gasteiger partial charge >= 0.3 is 0 Å². The topological polar surface area (TPSA) is 37.8 Å². The van der Waals surface area contributed by atoms with E-state index < -0.39 is 0 Å². The molecule has 1 heterocycles. The van der Waals surface area contributed by atoms with Gasteiger partial charge in [0.1, 0.15) is 5.82 Å². The Kier molecular flexibility index (Phi) is 4.23. The second-order valence-electron chi connectivity index (χ2n) is 3.13. The summed E-state index contributed by atoms with van der Waals surface area (Å²) in [5, 5.41) is 3.36. The Bertz CT molecular complexity index is 223. The first-order chi connectivity index (χ1) is 6.36. The van der Waals surface area contributed by atoms with Crippen LogP contribution in [0.1, 0.15) is 33.1 Å². The molecule has 72 valence electrons. The summed E-state index contributed by atoms with van der Waals surface area (Å²) in [6, 6.07) is 0.529. The first-order valence-corrected chi connectivity index (χ1v) is 4.89. The Balaban J connectivity index is 2.46. The lowest BCUT2D eigenvalue weighted by Crippen LogP contribution is -2.18. The fourth-order valence-corrected chi connectivity index (χ4v) is 1.31. The minimum Gasteiger partial charge on any atom is -0.366 e. The SMILES string of the molecule is CCCC(CC)Nc1cnccn1. The highest BCUT2D eigenvalue weighted by molar-refractivity contribution is 5.31. The first kappa shape index (κ1) is 9.96. The molecular formula is C10H17N3. The minimum absolute atomic E-state index is 0.529. The molecule has 0 spiro atoms. The average molecular weight is 179 g/mol. The molecule has 1 rings (SSSR count). The fourth-order valence-electron chi connectivity index (χ4n) is 1.31. The molecular weight excluding hydrogens is 162 g/mol. The number of nitrogens with one attached hydrogen (secondary N) is 1. The predicted octanol–water partition coefficient (Wildman–Crippen LogP) is 2.47. The van der Waals surface area contributed by atoms with Gasteiger partial charge < -0.3 is 5.32 Å². The van der Waals surface area contributed by atoms with E-state index in [1.54, 1.807) is 18.6 Å². The highest BCUT2D eigenvalue weighted by Crippen LogP contribution is 2.08. The Labute approximate surface area is 79.6 Å². The second kappa shape index (κ2) is 5.51. The number of hydrogen-bond acceptors (Lipinski definition) is 3. The summed E-state index contributed by atoms with van der Waals surface area (Å²) >= 11 is 0. The lowest BCUT2D eigenvalue weighted by atomic mass is 10.1. The zero-order valence-corrected chi connectivity index (χ0v) is 8.33. The van der Waals surface area contributed by atoms with Gasteiger partial charge in [-0.2, -0.15) is 0 Å². The fraction of sp³-hybridized carbons (Fsp3) is 0.600. The molecule has 0 bridgehead atoms. The monoisotopic (exact) mass is 179 g/mol. The predicted molar refractivity (Wildman–Crippen MR) is 54.6 cm³/mol. The molecule has 1 N–H and O–H groups in total. The van der Waals surface area contributed by atoms with Crippen LogP contribution in [0.4, 0.5) is 5.82 Å². The van der Waals surface area contributed by atoms with Gasteiger partial charge in [0.05, 0.1) is 6.20 Å². The van der Waals surface area contributed by atoms with Gasteiger partial charge in [0.25, 0.3) is 0 Å². The minimum atomic E-state index is 0.529. The van der Waals surface area contributed by atoms with Crippen LogP contribution in [0.25, 0.3) is 0 Å². The van der Waals surface area contributed by atoms with E-state index in [-0.39, 0.29) is 0 Å². The maximum Gasteiger partial charge on any atom is 0.144 e. The van der Waals surface area contributed by atoms with Crippen molar-refractivity contribution >= 4 is 5.82 Å². The molecule has 0 fully saturated rings. The van der Waals surface area contributed by atoms with Crippen LogP contribution in [-0.2, 0) is 0 Å². The van der Waals surface area contributed by atoms with Crippen LogP contribution >= 0.6 is 0 Å². The third-order valence-electron chi connectivity index (χ3n) is 2.05. The van der Waals surface area contributed by atoms with Crippen molar-refractivity contribution in [2.24, 2.45) is 0 Å². The van der Waals surface area contributed by atoms with E-state index in [9.17, 15) is 0 Å². The molecule has 0 amide bonds. The molecule has 3 nitrogen and oxygen atoms in total. The smallest absolute Gasteiger partial charge is 0.144 e. The number of nitrogens with zero attached hydrogens (tertiary/aromatic N) is 2.